The molecule has 1 heterocycles. The number of aliphatic hydroxyl groups is 1. The van der Waals surface area contributed by atoms with Crippen molar-refractivity contribution in [1.29, 1.82) is 0 Å². The lowest BCUT2D eigenvalue weighted by Gasteiger charge is -2.28. The van der Waals surface area contributed by atoms with Gasteiger partial charge in [-0.1, -0.05) is 43.8 Å². The standard InChI is InChI=1S/C19H19F3N2O2.CH4.H2S/c1-23-12-16(25)18(24-11-10-13-6-2-4-8-15(13)24)14-7-3-5-9-17(14)26-19(20,21)22;;/h2-11,16,18,23,25H,12H2,1H3;1H4;1H2/t16-,18+;;/m1../s1. The Kier molecular flexibility index (Phi) is 8.41. The molecule has 8 heteroatoms. The van der Waals surface area contributed by atoms with Gasteiger partial charge in [0.05, 0.1) is 12.1 Å². The largest absolute Gasteiger partial charge is 0.573 e. The second-order valence-corrected chi connectivity index (χ2v) is 5.94. The van der Waals surface area contributed by atoms with Gasteiger partial charge in [-0.2, -0.15) is 13.5 Å². The predicted molar refractivity (Wildman–Crippen MR) is 110 cm³/mol. The summed E-state index contributed by atoms with van der Waals surface area (Å²) < 4.78 is 44.5. The van der Waals surface area contributed by atoms with Crippen LogP contribution in [-0.4, -0.2) is 35.7 Å². The minimum Gasteiger partial charge on any atom is -0.405 e. The number of nitrogens with zero attached hydrogens (tertiary/aromatic N) is 1. The molecule has 0 fully saturated rings. The van der Waals surface area contributed by atoms with E-state index in [9.17, 15) is 18.3 Å². The number of aromatic nitrogens is 1. The zero-order valence-corrected chi connectivity index (χ0v) is 15.6. The lowest BCUT2D eigenvalue weighted by molar-refractivity contribution is -0.275. The number of benzene rings is 2. The van der Waals surface area contributed by atoms with Gasteiger partial charge in [-0.05, 0) is 30.6 Å². The topological polar surface area (TPSA) is 46.4 Å². The van der Waals surface area contributed by atoms with E-state index in [0.29, 0.717) is 0 Å². The van der Waals surface area contributed by atoms with Crippen LogP contribution in [0.2, 0.25) is 0 Å². The number of halogens is 3. The average Bonchev–Trinajstić information content (AvgIpc) is 3.00. The number of likely N-dealkylation sites (N-methyl/N-ethyl adjacent to an activating group) is 1. The van der Waals surface area contributed by atoms with Gasteiger partial charge in [0.1, 0.15) is 5.75 Å². The molecule has 0 bridgehead atoms. The zero-order valence-electron chi connectivity index (χ0n) is 14.6. The number of rotatable bonds is 6. The summed E-state index contributed by atoms with van der Waals surface area (Å²) >= 11 is 0. The Bertz CT molecular complexity index is 883. The Labute approximate surface area is 169 Å². The molecule has 2 N–H and O–H groups in total. The third-order valence-corrected chi connectivity index (χ3v) is 4.17. The Morgan fingerprint density at radius 2 is 1.71 bits per heavy atom. The third kappa shape index (κ3) is 5.21. The maximum Gasteiger partial charge on any atom is 0.573 e. The van der Waals surface area contributed by atoms with E-state index in [1.807, 2.05) is 30.3 Å². The lowest BCUT2D eigenvalue weighted by Crippen LogP contribution is -2.34. The van der Waals surface area contributed by atoms with Crippen LogP contribution in [0.1, 0.15) is 19.0 Å². The molecule has 3 rings (SSSR count). The van der Waals surface area contributed by atoms with Gasteiger partial charge in [-0.15, -0.1) is 13.2 Å². The summed E-state index contributed by atoms with van der Waals surface area (Å²) in [6.45, 7) is 0.206. The average molecular weight is 414 g/mol. The molecular formula is C20H25F3N2O2S. The summed E-state index contributed by atoms with van der Waals surface area (Å²) in [5, 5.41) is 14.5. The highest BCUT2D eigenvalue weighted by Crippen LogP contribution is 2.35. The molecule has 1 aromatic heterocycles. The van der Waals surface area contributed by atoms with Crippen molar-refractivity contribution >= 4 is 24.4 Å². The zero-order chi connectivity index (χ0) is 18.7. The number of fused-ring (bicyclic) bond motifs is 1. The van der Waals surface area contributed by atoms with E-state index in [-0.39, 0.29) is 38.8 Å². The van der Waals surface area contributed by atoms with E-state index >= 15 is 0 Å². The number of alkyl halides is 3. The van der Waals surface area contributed by atoms with Gasteiger partial charge < -0.3 is 19.7 Å². The third-order valence-electron chi connectivity index (χ3n) is 4.17. The van der Waals surface area contributed by atoms with E-state index in [4.69, 9.17) is 0 Å². The fourth-order valence-electron chi connectivity index (χ4n) is 3.15. The highest BCUT2D eigenvalue weighted by atomic mass is 32.1. The first-order valence-electron chi connectivity index (χ1n) is 8.13. The smallest absolute Gasteiger partial charge is 0.405 e. The van der Waals surface area contributed by atoms with Crippen molar-refractivity contribution in [2.45, 2.75) is 25.9 Å². The molecule has 0 saturated carbocycles. The Morgan fingerprint density at radius 3 is 2.39 bits per heavy atom. The van der Waals surface area contributed by atoms with Crippen LogP contribution in [0.4, 0.5) is 13.2 Å². The maximum atomic E-state index is 12.8. The molecule has 0 radical (unpaired) electrons. The van der Waals surface area contributed by atoms with Crippen molar-refractivity contribution < 1.29 is 23.0 Å². The molecule has 2 atom stereocenters. The molecule has 0 spiro atoms. The molecule has 0 aliphatic carbocycles. The summed E-state index contributed by atoms with van der Waals surface area (Å²) in [6.07, 6.45) is -4.01. The van der Waals surface area contributed by atoms with Crippen LogP contribution in [0.15, 0.2) is 60.8 Å². The highest BCUT2D eigenvalue weighted by Gasteiger charge is 2.34. The summed E-state index contributed by atoms with van der Waals surface area (Å²) in [4.78, 5) is 0. The summed E-state index contributed by atoms with van der Waals surface area (Å²) in [5.41, 5.74) is 1.07. The van der Waals surface area contributed by atoms with Crippen LogP contribution >= 0.6 is 13.5 Å². The van der Waals surface area contributed by atoms with E-state index in [1.54, 1.807) is 29.9 Å². The lowest BCUT2D eigenvalue weighted by atomic mass is 9.99. The first-order valence-corrected chi connectivity index (χ1v) is 8.13. The number of hydrogen-bond donors (Lipinski definition) is 2. The van der Waals surface area contributed by atoms with Gasteiger partial charge in [0, 0.05) is 23.8 Å². The van der Waals surface area contributed by atoms with E-state index in [0.717, 1.165) is 10.9 Å². The van der Waals surface area contributed by atoms with Crippen LogP contribution in [0.3, 0.4) is 0 Å². The van der Waals surface area contributed by atoms with E-state index in [2.05, 4.69) is 10.1 Å². The quantitative estimate of drug-likeness (QED) is 0.626. The summed E-state index contributed by atoms with van der Waals surface area (Å²) in [7, 11) is 1.67. The fourth-order valence-corrected chi connectivity index (χ4v) is 3.15. The monoisotopic (exact) mass is 414 g/mol. The maximum absolute atomic E-state index is 12.8. The number of nitrogens with one attached hydrogen (secondary N) is 1. The number of hydrogen-bond acceptors (Lipinski definition) is 3. The van der Waals surface area contributed by atoms with Crippen LogP contribution in [0.25, 0.3) is 10.9 Å². The molecule has 0 saturated heterocycles. The molecule has 3 aromatic rings. The second kappa shape index (κ2) is 9.86. The van der Waals surface area contributed by atoms with Crippen molar-refractivity contribution in [2.24, 2.45) is 0 Å². The SMILES string of the molecule is C.CNC[C@@H](O)[C@H](c1ccccc1OC(F)(F)F)n1ccc2ccccc21.S. The molecule has 28 heavy (non-hydrogen) atoms. The van der Waals surface area contributed by atoms with Gasteiger partial charge >= 0.3 is 6.36 Å². The van der Waals surface area contributed by atoms with Crippen molar-refractivity contribution in [3.8, 4) is 5.75 Å². The molecule has 0 amide bonds. The van der Waals surface area contributed by atoms with Crippen LogP contribution in [-0.2, 0) is 0 Å². The van der Waals surface area contributed by atoms with E-state index in [1.165, 1.54) is 12.1 Å². The van der Waals surface area contributed by atoms with Crippen molar-refractivity contribution in [3.05, 3.63) is 66.4 Å². The number of aliphatic hydroxyl groups excluding tert-OH is 1. The molecule has 0 unspecified atom stereocenters. The predicted octanol–water partition coefficient (Wildman–Crippen LogP) is 4.46. The normalized spacial score (nSPS) is 13.3. The molecule has 4 nitrogen and oxygen atoms in total. The van der Waals surface area contributed by atoms with E-state index < -0.39 is 18.5 Å². The van der Waals surface area contributed by atoms with Crippen molar-refractivity contribution in [2.75, 3.05) is 13.6 Å². The minimum absolute atomic E-state index is 0. The minimum atomic E-state index is -4.81. The van der Waals surface area contributed by atoms with Gasteiger partial charge in [-0.25, -0.2) is 0 Å². The fraction of sp³-hybridized carbons (Fsp3) is 0.300. The van der Waals surface area contributed by atoms with Crippen molar-refractivity contribution in [3.63, 3.8) is 0 Å². The second-order valence-electron chi connectivity index (χ2n) is 5.94. The molecule has 2 aromatic carbocycles. The molecule has 0 aliphatic heterocycles. The molecular weight excluding hydrogens is 389 g/mol. The van der Waals surface area contributed by atoms with Gasteiger partial charge in [0.2, 0.25) is 0 Å². The first kappa shape index (κ1) is 23.9. The first-order chi connectivity index (χ1) is 12.4. The van der Waals surface area contributed by atoms with Gasteiger partial charge in [0.25, 0.3) is 0 Å². The Morgan fingerprint density at radius 1 is 1.07 bits per heavy atom. The van der Waals surface area contributed by atoms with Crippen LogP contribution < -0.4 is 10.1 Å². The Hall–Kier alpha value is -2.16. The highest BCUT2D eigenvalue weighted by molar-refractivity contribution is 7.59. The summed E-state index contributed by atoms with van der Waals surface area (Å²) in [5.74, 6) is -0.321. The Balaban J connectivity index is 0.00000196. The van der Waals surface area contributed by atoms with Gasteiger partial charge in [0.15, 0.2) is 0 Å². The van der Waals surface area contributed by atoms with Crippen LogP contribution in [0.5, 0.6) is 5.75 Å². The number of ether oxygens (including phenoxy) is 1. The van der Waals surface area contributed by atoms with Crippen LogP contribution in [0, 0.1) is 0 Å². The molecule has 0 aliphatic rings. The summed E-state index contributed by atoms with van der Waals surface area (Å²) in [6, 6.07) is 14.5. The van der Waals surface area contributed by atoms with Gasteiger partial charge in [-0.3, -0.25) is 0 Å². The molecule has 154 valence electrons. The number of para-hydroxylation sites is 2. The van der Waals surface area contributed by atoms with Crippen molar-refractivity contribution in [1.82, 2.24) is 9.88 Å².